The minimum Gasteiger partial charge on any atom is -0.229 e. The van der Waals surface area contributed by atoms with Gasteiger partial charge in [-0.15, -0.1) is 0 Å². The summed E-state index contributed by atoms with van der Waals surface area (Å²) in [6.45, 7) is 4.13. The lowest BCUT2D eigenvalue weighted by Crippen LogP contribution is -2.27. The molecule has 0 spiro atoms. The van der Waals surface area contributed by atoms with Crippen molar-refractivity contribution >= 4 is 10.0 Å². The van der Waals surface area contributed by atoms with Crippen LogP contribution in [0.15, 0.2) is 47.6 Å². The second kappa shape index (κ2) is 7.05. The molecule has 0 saturated heterocycles. The fourth-order valence-corrected chi connectivity index (χ4v) is 3.08. The highest BCUT2D eigenvalue weighted by atomic mass is 32.2. The number of nitrogens with zero attached hydrogens (tertiary/aromatic N) is 3. The smallest absolute Gasteiger partial charge is 0.229 e. The lowest BCUT2D eigenvalue weighted by atomic mass is 10.2. The molecule has 2 rings (SSSR count). The van der Waals surface area contributed by atoms with Gasteiger partial charge in [0.25, 0.3) is 10.0 Å². The van der Waals surface area contributed by atoms with Gasteiger partial charge in [-0.2, -0.15) is 0 Å². The van der Waals surface area contributed by atoms with Crippen LogP contribution in [0.1, 0.15) is 24.7 Å². The van der Waals surface area contributed by atoms with Crippen LogP contribution in [0.3, 0.4) is 0 Å². The van der Waals surface area contributed by atoms with Crippen molar-refractivity contribution in [2.75, 3.05) is 6.54 Å². The lowest BCUT2D eigenvalue weighted by Gasteiger charge is -2.17. The van der Waals surface area contributed by atoms with Crippen LogP contribution in [0.2, 0.25) is 0 Å². The minimum absolute atomic E-state index is 0.231. The molecule has 114 valence electrons. The van der Waals surface area contributed by atoms with Gasteiger partial charge in [-0.1, -0.05) is 24.6 Å². The summed E-state index contributed by atoms with van der Waals surface area (Å²) < 4.78 is 26.4. The molecule has 0 bridgehead atoms. The minimum atomic E-state index is -3.65. The maximum Gasteiger partial charge on any atom is 0.270 e. The Bertz CT molecular complexity index is 776. The van der Waals surface area contributed by atoms with Crippen LogP contribution in [0.4, 0.5) is 0 Å². The number of aromatic nitrogens is 2. The maximum atomic E-state index is 12.6. The van der Waals surface area contributed by atoms with Crippen LogP contribution in [0.5, 0.6) is 0 Å². The quantitative estimate of drug-likeness (QED) is 0.641. The number of benzene rings is 1. The summed E-state index contributed by atoms with van der Waals surface area (Å²) in [4.78, 5) is 8.17. The van der Waals surface area contributed by atoms with Gasteiger partial charge in [0, 0.05) is 25.0 Å². The van der Waals surface area contributed by atoms with Gasteiger partial charge in [0.1, 0.15) is 0 Å². The van der Waals surface area contributed by atoms with E-state index in [1.165, 1.54) is 0 Å². The average Bonchev–Trinajstić information content (AvgIpc) is 2.52. The molecule has 2 aromatic rings. The summed E-state index contributed by atoms with van der Waals surface area (Å²) in [5, 5.41) is 0. The van der Waals surface area contributed by atoms with Gasteiger partial charge in [0.15, 0.2) is 0 Å². The Morgan fingerprint density at radius 2 is 1.77 bits per heavy atom. The number of hydrogen-bond acceptors (Lipinski definition) is 4. The summed E-state index contributed by atoms with van der Waals surface area (Å²) >= 11 is 0. The van der Waals surface area contributed by atoms with Crippen molar-refractivity contribution in [1.82, 2.24) is 14.3 Å². The van der Waals surface area contributed by atoms with E-state index in [1.54, 1.807) is 42.7 Å². The van der Waals surface area contributed by atoms with Gasteiger partial charge in [-0.25, -0.2) is 22.7 Å². The molecule has 6 heteroatoms. The lowest BCUT2D eigenvalue weighted by molar-refractivity contribution is 0.508. The van der Waals surface area contributed by atoms with E-state index in [0.717, 1.165) is 9.87 Å². The normalized spacial score (nSPS) is 10.6. The second-order valence-corrected chi connectivity index (χ2v) is 6.56. The van der Waals surface area contributed by atoms with E-state index >= 15 is 0 Å². The largest absolute Gasteiger partial charge is 0.270 e. The van der Waals surface area contributed by atoms with Crippen LogP contribution >= 0.6 is 0 Å². The van der Waals surface area contributed by atoms with E-state index in [9.17, 15) is 8.42 Å². The Morgan fingerprint density at radius 3 is 2.36 bits per heavy atom. The fraction of sp³-hybridized carbons (Fsp3) is 0.250. The van der Waals surface area contributed by atoms with E-state index in [4.69, 9.17) is 0 Å². The average molecular weight is 315 g/mol. The molecule has 1 heterocycles. The van der Waals surface area contributed by atoms with Gasteiger partial charge in [-0.3, -0.25) is 0 Å². The Kier molecular flexibility index (Phi) is 5.12. The topological polar surface area (TPSA) is 63.2 Å². The van der Waals surface area contributed by atoms with Crippen molar-refractivity contribution < 1.29 is 8.42 Å². The summed E-state index contributed by atoms with van der Waals surface area (Å²) in [6, 6.07) is 11.1. The van der Waals surface area contributed by atoms with Crippen molar-refractivity contribution in [3.05, 3.63) is 54.1 Å². The van der Waals surface area contributed by atoms with Crippen molar-refractivity contribution in [3.8, 4) is 12.0 Å². The fourth-order valence-electron chi connectivity index (χ4n) is 1.75. The van der Waals surface area contributed by atoms with Crippen molar-refractivity contribution in [1.29, 1.82) is 0 Å². The van der Waals surface area contributed by atoms with Crippen LogP contribution in [0, 0.1) is 18.9 Å². The first-order valence-corrected chi connectivity index (χ1v) is 8.36. The van der Waals surface area contributed by atoms with Crippen molar-refractivity contribution in [2.24, 2.45) is 0 Å². The summed E-state index contributed by atoms with van der Waals surface area (Å²) in [5.74, 6) is 2.99. The monoisotopic (exact) mass is 315 g/mol. The first-order valence-electron chi connectivity index (χ1n) is 6.92. The van der Waals surface area contributed by atoms with Crippen LogP contribution in [-0.2, 0) is 10.0 Å². The Morgan fingerprint density at radius 1 is 1.14 bits per heavy atom. The molecule has 0 unspecified atom stereocenters. The van der Waals surface area contributed by atoms with E-state index in [-0.39, 0.29) is 4.90 Å². The predicted octanol–water partition coefficient (Wildman–Crippen LogP) is 2.19. The zero-order chi connectivity index (χ0) is 16.0. The van der Waals surface area contributed by atoms with E-state index in [1.807, 2.05) is 13.8 Å². The molecule has 0 radical (unpaired) electrons. The second-order valence-electron chi connectivity index (χ2n) is 4.70. The molecule has 0 aliphatic rings. The first-order chi connectivity index (χ1) is 10.5. The van der Waals surface area contributed by atoms with Crippen LogP contribution in [0.25, 0.3) is 0 Å². The molecule has 0 saturated carbocycles. The molecule has 5 nitrogen and oxygen atoms in total. The zero-order valence-corrected chi connectivity index (χ0v) is 13.3. The van der Waals surface area contributed by atoms with Crippen LogP contribution < -0.4 is 0 Å². The SMILES string of the molecule is CCCN(C#Cc1ncccn1)S(=O)(=O)c1ccc(C)cc1. The molecular formula is C16H17N3O2S. The molecule has 0 aliphatic carbocycles. The summed E-state index contributed by atoms with van der Waals surface area (Å²) in [7, 11) is -3.65. The maximum absolute atomic E-state index is 12.6. The standard InChI is InChI=1S/C16H17N3O2S/c1-3-12-19(13-9-16-17-10-4-11-18-16)22(20,21)15-7-5-14(2)6-8-15/h4-8,10-11H,3,12H2,1-2H3. The number of rotatable bonds is 4. The molecule has 22 heavy (non-hydrogen) atoms. The van der Waals surface area contributed by atoms with Gasteiger partial charge >= 0.3 is 0 Å². The molecule has 1 aromatic heterocycles. The molecule has 0 N–H and O–H groups in total. The predicted molar refractivity (Wildman–Crippen MR) is 84.3 cm³/mol. The molecule has 0 amide bonds. The zero-order valence-electron chi connectivity index (χ0n) is 12.5. The highest BCUT2D eigenvalue weighted by Crippen LogP contribution is 2.16. The third kappa shape index (κ3) is 3.83. The molecular weight excluding hydrogens is 298 g/mol. The Hall–Kier alpha value is -2.39. The Balaban J connectivity index is 2.35. The van der Waals surface area contributed by atoms with Gasteiger partial charge < -0.3 is 0 Å². The molecule has 0 fully saturated rings. The summed E-state index contributed by atoms with van der Waals surface area (Å²) in [6.07, 6.45) is 3.79. The van der Waals surface area contributed by atoms with E-state index in [2.05, 4.69) is 21.9 Å². The van der Waals surface area contributed by atoms with E-state index in [0.29, 0.717) is 18.8 Å². The van der Waals surface area contributed by atoms with Gasteiger partial charge in [-0.05, 0) is 37.5 Å². The molecule has 0 aliphatic heterocycles. The number of sulfonamides is 1. The molecule has 1 aromatic carbocycles. The van der Waals surface area contributed by atoms with Crippen molar-refractivity contribution in [3.63, 3.8) is 0 Å². The summed E-state index contributed by atoms with van der Waals surface area (Å²) in [5.41, 5.74) is 1.00. The van der Waals surface area contributed by atoms with Gasteiger partial charge in [0.05, 0.1) is 4.90 Å². The third-order valence-corrected chi connectivity index (χ3v) is 4.62. The van der Waals surface area contributed by atoms with Crippen LogP contribution in [-0.4, -0.2) is 29.2 Å². The van der Waals surface area contributed by atoms with E-state index < -0.39 is 10.0 Å². The molecule has 0 atom stereocenters. The highest BCUT2D eigenvalue weighted by molar-refractivity contribution is 7.89. The van der Waals surface area contributed by atoms with Crippen molar-refractivity contribution in [2.45, 2.75) is 25.2 Å². The Labute approximate surface area is 131 Å². The third-order valence-electron chi connectivity index (χ3n) is 2.89. The number of aryl methyl sites for hydroxylation is 1. The van der Waals surface area contributed by atoms with Gasteiger partial charge in [0.2, 0.25) is 5.82 Å². The number of hydrogen-bond donors (Lipinski definition) is 0. The first kappa shape index (κ1) is 16.0. The highest BCUT2D eigenvalue weighted by Gasteiger charge is 2.21.